The van der Waals surface area contributed by atoms with Crippen molar-refractivity contribution < 1.29 is 14.3 Å². The predicted octanol–water partition coefficient (Wildman–Crippen LogP) is 3.99. The Morgan fingerprint density at radius 3 is 2.48 bits per heavy atom. The van der Waals surface area contributed by atoms with Gasteiger partial charge in [0, 0.05) is 42.4 Å². The Morgan fingerprint density at radius 1 is 1.03 bits per heavy atom. The maximum Gasteiger partial charge on any atom is 0.268 e. The van der Waals surface area contributed by atoms with Crippen molar-refractivity contribution >= 4 is 28.4 Å². The number of nitrogens with one attached hydrogen (secondary N) is 2. The van der Waals surface area contributed by atoms with Gasteiger partial charge in [0.15, 0.2) is 0 Å². The summed E-state index contributed by atoms with van der Waals surface area (Å²) in [7, 11) is 1.60. The van der Waals surface area contributed by atoms with Crippen LogP contribution in [0.15, 0.2) is 48.5 Å². The molecule has 0 saturated carbocycles. The number of methoxy groups -OCH3 is 1. The van der Waals surface area contributed by atoms with Gasteiger partial charge in [0.05, 0.1) is 6.61 Å². The lowest BCUT2D eigenvalue weighted by molar-refractivity contribution is 0.0927. The fourth-order valence-electron chi connectivity index (χ4n) is 3.27. The summed E-state index contributed by atoms with van der Waals surface area (Å²) >= 11 is 0. The van der Waals surface area contributed by atoms with Crippen LogP contribution in [-0.4, -0.2) is 36.6 Å². The Balaban J connectivity index is 1.85. The van der Waals surface area contributed by atoms with Crippen LogP contribution in [0.5, 0.6) is 0 Å². The highest BCUT2D eigenvalue weighted by Crippen LogP contribution is 2.24. The molecule has 0 bridgehead atoms. The first kappa shape index (κ1) is 20.6. The van der Waals surface area contributed by atoms with Crippen molar-refractivity contribution in [2.24, 2.45) is 0 Å². The van der Waals surface area contributed by atoms with Gasteiger partial charge in [-0.25, -0.2) is 0 Å². The molecule has 0 unspecified atom stereocenters. The smallest absolute Gasteiger partial charge is 0.268 e. The molecule has 6 nitrogen and oxygen atoms in total. The number of ether oxygens (including phenoxy) is 1. The SMILES string of the molecule is CCCn1c(C(=O)NCCOC)cc2cc(NC(=O)c3ccc(C)cc3)ccc21. The minimum Gasteiger partial charge on any atom is -0.383 e. The largest absolute Gasteiger partial charge is 0.383 e. The molecule has 152 valence electrons. The van der Waals surface area contributed by atoms with E-state index in [1.807, 2.05) is 60.0 Å². The molecule has 3 rings (SSSR count). The molecule has 2 amide bonds. The van der Waals surface area contributed by atoms with E-state index < -0.39 is 0 Å². The zero-order valence-corrected chi connectivity index (χ0v) is 17.1. The van der Waals surface area contributed by atoms with Gasteiger partial charge >= 0.3 is 0 Å². The minimum atomic E-state index is -0.158. The van der Waals surface area contributed by atoms with E-state index in [-0.39, 0.29) is 11.8 Å². The van der Waals surface area contributed by atoms with Gasteiger partial charge in [0.1, 0.15) is 5.69 Å². The molecule has 29 heavy (non-hydrogen) atoms. The van der Waals surface area contributed by atoms with Gasteiger partial charge in [-0.3, -0.25) is 9.59 Å². The molecular formula is C23H27N3O3. The van der Waals surface area contributed by atoms with Gasteiger partial charge in [0.25, 0.3) is 11.8 Å². The van der Waals surface area contributed by atoms with Crippen molar-refractivity contribution in [2.45, 2.75) is 26.8 Å². The molecule has 1 heterocycles. The predicted molar refractivity (Wildman–Crippen MR) is 116 cm³/mol. The first-order valence-corrected chi connectivity index (χ1v) is 9.82. The molecule has 0 radical (unpaired) electrons. The highest BCUT2D eigenvalue weighted by Gasteiger charge is 2.16. The van der Waals surface area contributed by atoms with Crippen LogP contribution in [0.2, 0.25) is 0 Å². The molecule has 0 aliphatic carbocycles. The Bertz CT molecular complexity index is 1010. The second-order valence-electron chi connectivity index (χ2n) is 7.02. The molecule has 0 aliphatic rings. The monoisotopic (exact) mass is 393 g/mol. The third kappa shape index (κ3) is 4.84. The first-order chi connectivity index (χ1) is 14.0. The summed E-state index contributed by atoms with van der Waals surface area (Å²) in [5.74, 6) is -0.285. The van der Waals surface area contributed by atoms with Gasteiger partial charge in [-0.2, -0.15) is 0 Å². The number of amides is 2. The molecule has 0 saturated heterocycles. The van der Waals surface area contributed by atoms with Crippen LogP contribution in [0.1, 0.15) is 39.8 Å². The van der Waals surface area contributed by atoms with Crippen LogP contribution in [0.25, 0.3) is 10.9 Å². The molecule has 0 fully saturated rings. The number of rotatable bonds is 8. The summed E-state index contributed by atoms with van der Waals surface area (Å²) in [5.41, 5.74) is 3.99. The topological polar surface area (TPSA) is 72.4 Å². The van der Waals surface area contributed by atoms with Crippen LogP contribution in [0, 0.1) is 6.92 Å². The Kier molecular flexibility index (Phi) is 6.67. The Hall–Kier alpha value is -3.12. The number of aryl methyl sites for hydroxylation is 2. The summed E-state index contributed by atoms with van der Waals surface area (Å²) in [6.07, 6.45) is 0.911. The zero-order valence-electron chi connectivity index (χ0n) is 17.1. The lowest BCUT2D eigenvalue weighted by Crippen LogP contribution is -2.28. The van der Waals surface area contributed by atoms with Gasteiger partial charge < -0.3 is 19.9 Å². The van der Waals surface area contributed by atoms with Crippen LogP contribution in [0.4, 0.5) is 5.69 Å². The number of benzene rings is 2. The minimum absolute atomic E-state index is 0.128. The van der Waals surface area contributed by atoms with Crippen molar-refractivity contribution in [3.05, 3.63) is 65.4 Å². The number of fused-ring (bicyclic) bond motifs is 1. The maximum atomic E-state index is 12.6. The summed E-state index contributed by atoms with van der Waals surface area (Å²) in [6.45, 7) is 5.73. The molecule has 0 spiro atoms. The van der Waals surface area contributed by atoms with E-state index in [0.717, 1.165) is 29.4 Å². The molecule has 2 aromatic carbocycles. The number of nitrogens with zero attached hydrogens (tertiary/aromatic N) is 1. The molecule has 0 aliphatic heterocycles. The lowest BCUT2D eigenvalue weighted by Gasteiger charge is -2.10. The lowest BCUT2D eigenvalue weighted by atomic mass is 10.1. The van der Waals surface area contributed by atoms with E-state index in [1.54, 1.807) is 7.11 Å². The average molecular weight is 393 g/mol. The quantitative estimate of drug-likeness (QED) is 0.569. The fourth-order valence-corrected chi connectivity index (χ4v) is 3.27. The Morgan fingerprint density at radius 2 is 1.79 bits per heavy atom. The number of carbonyl (C=O) groups is 2. The second-order valence-corrected chi connectivity index (χ2v) is 7.02. The summed E-state index contributed by atoms with van der Waals surface area (Å²) in [4.78, 5) is 25.1. The van der Waals surface area contributed by atoms with Gasteiger partial charge in [-0.15, -0.1) is 0 Å². The van der Waals surface area contributed by atoms with E-state index in [4.69, 9.17) is 4.74 Å². The average Bonchev–Trinajstić information content (AvgIpc) is 3.07. The second kappa shape index (κ2) is 9.39. The van der Waals surface area contributed by atoms with Gasteiger partial charge in [-0.1, -0.05) is 24.6 Å². The maximum absolute atomic E-state index is 12.6. The normalized spacial score (nSPS) is 10.9. The molecule has 0 atom stereocenters. The summed E-state index contributed by atoms with van der Waals surface area (Å²) in [5, 5.41) is 6.73. The van der Waals surface area contributed by atoms with E-state index in [2.05, 4.69) is 17.6 Å². The molecule has 6 heteroatoms. The Labute approximate surface area is 170 Å². The van der Waals surface area contributed by atoms with Crippen molar-refractivity contribution in [3.8, 4) is 0 Å². The standard InChI is InChI=1S/C23H27N3O3/c1-4-12-26-20-10-9-19(25-22(27)17-7-5-16(2)6-8-17)14-18(20)15-21(26)23(28)24-11-13-29-3/h5-10,14-15H,4,11-13H2,1-3H3,(H,24,28)(H,25,27). The number of hydrogen-bond acceptors (Lipinski definition) is 3. The highest BCUT2D eigenvalue weighted by molar-refractivity contribution is 6.06. The summed E-state index contributed by atoms with van der Waals surface area (Å²) < 4.78 is 7.02. The number of hydrogen-bond donors (Lipinski definition) is 2. The number of aromatic nitrogens is 1. The van der Waals surface area contributed by atoms with Gasteiger partial charge in [0.2, 0.25) is 0 Å². The first-order valence-electron chi connectivity index (χ1n) is 9.82. The molecule has 2 N–H and O–H groups in total. The van der Waals surface area contributed by atoms with Crippen LogP contribution >= 0.6 is 0 Å². The van der Waals surface area contributed by atoms with Crippen LogP contribution in [0.3, 0.4) is 0 Å². The van der Waals surface area contributed by atoms with E-state index in [0.29, 0.717) is 30.1 Å². The van der Waals surface area contributed by atoms with Crippen molar-refractivity contribution in [2.75, 3.05) is 25.6 Å². The number of carbonyl (C=O) groups excluding carboxylic acids is 2. The summed E-state index contributed by atoms with van der Waals surface area (Å²) in [6, 6.07) is 15.0. The van der Waals surface area contributed by atoms with Gasteiger partial charge in [-0.05, 0) is 49.7 Å². The van der Waals surface area contributed by atoms with E-state index in [1.165, 1.54) is 0 Å². The van der Waals surface area contributed by atoms with E-state index >= 15 is 0 Å². The highest BCUT2D eigenvalue weighted by atomic mass is 16.5. The fraction of sp³-hybridized carbons (Fsp3) is 0.304. The van der Waals surface area contributed by atoms with E-state index in [9.17, 15) is 9.59 Å². The molecule has 3 aromatic rings. The third-order valence-electron chi connectivity index (χ3n) is 4.74. The molecular weight excluding hydrogens is 366 g/mol. The van der Waals surface area contributed by atoms with Crippen molar-refractivity contribution in [1.29, 1.82) is 0 Å². The molecule has 1 aromatic heterocycles. The van der Waals surface area contributed by atoms with Crippen LogP contribution in [-0.2, 0) is 11.3 Å². The zero-order chi connectivity index (χ0) is 20.8. The van der Waals surface area contributed by atoms with Crippen molar-refractivity contribution in [3.63, 3.8) is 0 Å². The number of anilines is 1. The third-order valence-corrected chi connectivity index (χ3v) is 4.74. The van der Waals surface area contributed by atoms with Crippen molar-refractivity contribution in [1.82, 2.24) is 9.88 Å². The van der Waals surface area contributed by atoms with Crippen LogP contribution < -0.4 is 10.6 Å².